The third kappa shape index (κ3) is 2.47. The molecule has 114 valence electrons. The average molecular weight is 300 g/mol. The van der Waals surface area contributed by atoms with Crippen molar-refractivity contribution in [3.8, 4) is 0 Å². The first-order valence-electron chi connectivity index (χ1n) is 7.12. The molecule has 0 spiro atoms. The average Bonchev–Trinajstić information content (AvgIpc) is 2.53. The minimum Gasteiger partial charge on any atom is -0.481 e. The molecule has 1 fully saturated rings. The number of hydrogen-bond acceptors (Lipinski definition) is 3. The first-order chi connectivity index (χ1) is 10.6. The van der Waals surface area contributed by atoms with E-state index in [-0.39, 0.29) is 12.5 Å². The Morgan fingerprint density at radius 3 is 2.68 bits per heavy atom. The van der Waals surface area contributed by atoms with Crippen molar-refractivity contribution < 1.29 is 19.8 Å². The number of fused-ring (bicyclic) bond motifs is 1. The molecule has 0 radical (unpaired) electrons. The number of benzene rings is 1. The fourth-order valence-electron chi connectivity index (χ4n) is 3.19. The van der Waals surface area contributed by atoms with Gasteiger partial charge in [-0.3, -0.25) is 9.78 Å². The Balaban J connectivity index is 2.02. The molecule has 1 aromatic carbocycles. The summed E-state index contributed by atoms with van der Waals surface area (Å²) in [5, 5.41) is 19.5. The lowest BCUT2D eigenvalue weighted by atomic mass is 9.79. The number of pyridine rings is 1. The van der Waals surface area contributed by atoms with Gasteiger partial charge in [0.2, 0.25) is 0 Å². The van der Waals surface area contributed by atoms with Crippen LogP contribution in [0, 0.1) is 5.92 Å². The van der Waals surface area contributed by atoms with Crippen LogP contribution in [0.3, 0.4) is 0 Å². The summed E-state index contributed by atoms with van der Waals surface area (Å²) >= 11 is 0. The van der Waals surface area contributed by atoms with E-state index in [1.54, 1.807) is 6.20 Å². The SMILES string of the molecule is O=C(O)C1CN(C(=O)O)CCC1c1ccnc2ccccc12. The van der Waals surface area contributed by atoms with E-state index in [2.05, 4.69) is 4.98 Å². The highest BCUT2D eigenvalue weighted by atomic mass is 16.4. The highest BCUT2D eigenvalue weighted by Crippen LogP contribution is 2.36. The standard InChI is InChI=1S/C16H16N2O4/c19-15(20)13-9-18(16(21)22)8-6-11(13)10-5-7-17-14-4-2-1-3-12(10)14/h1-5,7,11,13H,6,8-9H2,(H,19,20)(H,21,22). The minimum absolute atomic E-state index is 0.0198. The summed E-state index contributed by atoms with van der Waals surface area (Å²) < 4.78 is 0. The van der Waals surface area contributed by atoms with E-state index in [9.17, 15) is 14.7 Å². The van der Waals surface area contributed by atoms with E-state index >= 15 is 0 Å². The second-order valence-corrected chi connectivity index (χ2v) is 5.49. The maximum Gasteiger partial charge on any atom is 0.407 e. The maximum absolute atomic E-state index is 11.6. The van der Waals surface area contributed by atoms with Crippen molar-refractivity contribution in [2.75, 3.05) is 13.1 Å². The number of likely N-dealkylation sites (tertiary alicyclic amines) is 1. The Bertz CT molecular complexity index is 726. The number of carbonyl (C=O) groups is 2. The number of amides is 1. The van der Waals surface area contributed by atoms with E-state index in [0.717, 1.165) is 16.5 Å². The molecule has 1 aliphatic heterocycles. The van der Waals surface area contributed by atoms with Crippen LogP contribution in [0.25, 0.3) is 10.9 Å². The Kier molecular flexibility index (Phi) is 3.66. The highest BCUT2D eigenvalue weighted by molar-refractivity contribution is 5.84. The molecule has 22 heavy (non-hydrogen) atoms. The van der Waals surface area contributed by atoms with Crippen LogP contribution >= 0.6 is 0 Å². The van der Waals surface area contributed by atoms with Crippen molar-refractivity contribution in [3.63, 3.8) is 0 Å². The van der Waals surface area contributed by atoms with E-state index in [4.69, 9.17) is 5.11 Å². The normalized spacial score (nSPS) is 21.7. The summed E-state index contributed by atoms with van der Waals surface area (Å²) in [5.41, 5.74) is 1.76. The molecule has 1 aliphatic rings. The lowest BCUT2D eigenvalue weighted by molar-refractivity contribution is -0.144. The van der Waals surface area contributed by atoms with E-state index in [0.29, 0.717) is 13.0 Å². The van der Waals surface area contributed by atoms with E-state index < -0.39 is 18.0 Å². The zero-order chi connectivity index (χ0) is 15.7. The molecule has 0 saturated carbocycles. The number of para-hydroxylation sites is 1. The van der Waals surface area contributed by atoms with Gasteiger partial charge in [0, 0.05) is 30.6 Å². The molecule has 1 saturated heterocycles. The number of rotatable bonds is 2. The van der Waals surface area contributed by atoms with Gasteiger partial charge in [-0.2, -0.15) is 0 Å². The minimum atomic E-state index is -1.07. The van der Waals surface area contributed by atoms with Gasteiger partial charge < -0.3 is 15.1 Å². The number of carboxylic acids is 1. The summed E-state index contributed by atoms with van der Waals surface area (Å²) in [6.45, 7) is 0.367. The summed E-state index contributed by atoms with van der Waals surface area (Å²) in [6.07, 6.45) is 1.11. The van der Waals surface area contributed by atoms with Crippen molar-refractivity contribution in [1.29, 1.82) is 0 Å². The second kappa shape index (κ2) is 5.63. The summed E-state index contributed by atoms with van der Waals surface area (Å²) in [6, 6.07) is 9.46. The monoisotopic (exact) mass is 300 g/mol. The van der Waals surface area contributed by atoms with E-state index in [1.165, 1.54) is 4.90 Å². The van der Waals surface area contributed by atoms with Crippen LogP contribution in [0.15, 0.2) is 36.5 Å². The molecule has 2 aromatic rings. The molecule has 0 bridgehead atoms. The lowest BCUT2D eigenvalue weighted by Gasteiger charge is -2.35. The predicted octanol–water partition coefficient (Wildman–Crippen LogP) is 2.40. The van der Waals surface area contributed by atoms with Crippen LogP contribution in [0.4, 0.5) is 4.79 Å². The van der Waals surface area contributed by atoms with Gasteiger partial charge in [0.1, 0.15) is 0 Å². The van der Waals surface area contributed by atoms with Gasteiger partial charge in [0.05, 0.1) is 11.4 Å². The van der Waals surface area contributed by atoms with Crippen molar-refractivity contribution in [1.82, 2.24) is 9.88 Å². The van der Waals surface area contributed by atoms with E-state index in [1.807, 2.05) is 30.3 Å². The van der Waals surface area contributed by atoms with Gasteiger partial charge in [0.15, 0.2) is 0 Å². The number of hydrogen-bond donors (Lipinski definition) is 2. The Morgan fingerprint density at radius 1 is 1.18 bits per heavy atom. The number of aromatic nitrogens is 1. The number of carboxylic acid groups (broad SMARTS) is 2. The van der Waals surface area contributed by atoms with Crippen LogP contribution in [0.5, 0.6) is 0 Å². The zero-order valence-corrected chi connectivity index (χ0v) is 11.8. The second-order valence-electron chi connectivity index (χ2n) is 5.49. The van der Waals surface area contributed by atoms with Crippen molar-refractivity contribution >= 4 is 23.0 Å². The van der Waals surface area contributed by atoms with Gasteiger partial charge in [-0.15, -0.1) is 0 Å². The maximum atomic E-state index is 11.6. The molecule has 6 nitrogen and oxygen atoms in total. The van der Waals surface area contributed by atoms with Gasteiger partial charge in [-0.05, 0) is 24.1 Å². The molecule has 2 atom stereocenters. The smallest absolute Gasteiger partial charge is 0.407 e. The summed E-state index contributed by atoms with van der Waals surface area (Å²) in [7, 11) is 0. The third-order valence-corrected chi connectivity index (χ3v) is 4.28. The number of nitrogens with zero attached hydrogens (tertiary/aromatic N) is 2. The van der Waals surface area contributed by atoms with Gasteiger partial charge in [-0.1, -0.05) is 18.2 Å². The van der Waals surface area contributed by atoms with Gasteiger partial charge >= 0.3 is 12.1 Å². The topological polar surface area (TPSA) is 90.7 Å². The largest absolute Gasteiger partial charge is 0.481 e. The zero-order valence-electron chi connectivity index (χ0n) is 11.8. The molecule has 0 aliphatic carbocycles. The van der Waals surface area contributed by atoms with Crippen molar-refractivity contribution in [2.45, 2.75) is 12.3 Å². The van der Waals surface area contributed by atoms with Gasteiger partial charge in [0.25, 0.3) is 0 Å². The van der Waals surface area contributed by atoms with Crippen LogP contribution < -0.4 is 0 Å². The fourth-order valence-corrected chi connectivity index (χ4v) is 3.19. The first kappa shape index (κ1) is 14.3. The molecule has 2 unspecified atom stereocenters. The first-order valence-corrected chi connectivity index (χ1v) is 7.12. The molecular weight excluding hydrogens is 284 g/mol. The van der Waals surface area contributed by atoms with Crippen LogP contribution in [0.2, 0.25) is 0 Å². The van der Waals surface area contributed by atoms with Crippen molar-refractivity contribution in [3.05, 3.63) is 42.1 Å². The lowest BCUT2D eigenvalue weighted by Crippen LogP contribution is -2.45. The number of aliphatic carboxylic acids is 1. The summed E-state index contributed by atoms with van der Waals surface area (Å²) in [5.74, 6) is -1.91. The molecule has 1 amide bonds. The van der Waals surface area contributed by atoms with Crippen LogP contribution in [-0.4, -0.2) is 45.2 Å². The summed E-state index contributed by atoms with van der Waals surface area (Å²) in [4.78, 5) is 28.2. The Morgan fingerprint density at radius 2 is 1.95 bits per heavy atom. The Labute approximate surface area is 127 Å². The van der Waals surface area contributed by atoms with Crippen molar-refractivity contribution in [2.24, 2.45) is 5.92 Å². The highest BCUT2D eigenvalue weighted by Gasteiger charge is 2.37. The Hall–Kier alpha value is -2.63. The molecule has 2 heterocycles. The number of piperidine rings is 1. The third-order valence-electron chi connectivity index (χ3n) is 4.28. The van der Waals surface area contributed by atoms with Crippen LogP contribution in [0.1, 0.15) is 17.9 Å². The van der Waals surface area contributed by atoms with Crippen LogP contribution in [-0.2, 0) is 4.79 Å². The molecular formula is C16H16N2O4. The molecule has 6 heteroatoms. The quantitative estimate of drug-likeness (QED) is 0.888. The van der Waals surface area contributed by atoms with Gasteiger partial charge in [-0.25, -0.2) is 4.79 Å². The fraction of sp³-hybridized carbons (Fsp3) is 0.312. The molecule has 3 rings (SSSR count). The molecule has 1 aromatic heterocycles. The molecule has 2 N–H and O–H groups in total. The predicted molar refractivity (Wildman–Crippen MR) is 79.8 cm³/mol.